The molecule has 1 saturated heterocycles. The molecule has 0 aromatic carbocycles. The molecule has 2 aliphatic rings. The third-order valence-corrected chi connectivity index (χ3v) is 6.30. The highest BCUT2D eigenvalue weighted by molar-refractivity contribution is 5.81. The van der Waals surface area contributed by atoms with E-state index in [0.29, 0.717) is 31.4 Å². The van der Waals surface area contributed by atoms with Gasteiger partial charge in [-0.2, -0.15) is 13.2 Å². The van der Waals surface area contributed by atoms with Gasteiger partial charge in [-0.3, -0.25) is 9.69 Å². The molecule has 1 saturated carbocycles. The summed E-state index contributed by atoms with van der Waals surface area (Å²) < 4.78 is 38.2. The third kappa shape index (κ3) is 5.62. The summed E-state index contributed by atoms with van der Waals surface area (Å²) in [6.45, 7) is 6.95. The first kappa shape index (κ1) is 21.9. The molecule has 2 fully saturated rings. The maximum atomic E-state index is 12.8. The first-order valence-corrected chi connectivity index (χ1v) is 10.6. The van der Waals surface area contributed by atoms with Gasteiger partial charge in [-0.05, 0) is 44.2 Å². The fourth-order valence-electron chi connectivity index (χ4n) is 4.29. The normalized spacial score (nSPS) is 25.3. The monoisotopic (exact) mass is 412 g/mol. The van der Waals surface area contributed by atoms with E-state index in [1.165, 1.54) is 18.9 Å². The number of hydrogen-bond acceptors (Lipinski definition) is 4. The predicted octanol–water partition coefficient (Wildman–Crippen LogP) is 3.70. The van der Waals surface area contributed by atoms with Crippen molar-refractivity contribution in [2.24, 2.45) is 5.92 Å². The summed E-state index contributed by atoms with van der Waals surface area (Å²) in [6.07, 6.45) is 1.97. The second kappa shape index (κ2) is 9.32. The van der Waals surface area contributed by atoms with E-state index in [9.17, 15) is 18.0 Å². The van der Waals surface area contributed by atoms with Gasteiger partial charge in [-0.15, -0.1) is 0 Å². The van der Waals surface area contributed by atoms with Gasteiger partial charge in [0.1, 0.15) is 5.82 Å². The molecule has 1 N–H and O–H groups in total. The molecule has 3 rings (SSSR count). The van der Waals surface area contributed by atoms with Crippen LogP contribution in [0.1, 0.15) is 51.5 Å². The Bertz CT molecular complexity index is 679. The van der Waals surface area contributed by atoms with Gasteiger partial charge in [-0.25, -0.2) is 4.98 Å². The Hall–Kier alpha value is -1.83. The number of anilines is 1. The molecule has 162 valence electrons. The largest absolute Gasteiger partial charge is 0.417 e. The summed E-state index contributed by atoms with van der Waals surface area (Å²) in [5.74, 6) is 1.14. The molecular weight excluding hydrogens is 381 g/mol. The number of aromatic nitrogens is 1. The second-order valence-corrected chi connectivity index (χ2v) is 8.33. The lowest BCUT2D eigenvalue weighted by Gasteiger charge is -2.33. The Balaban J connectivity index is 1.55. The van der Waals surface area contributed by atoms with E-state index in [0.717, 1.165) is 38.1 Å². The van der Waals surface area contributed by atoms with Crippen LogP contribution in [0.15, 0.2) is 18.3 Å². The summed E-state index contributed by atoms with van der Waals surface area (Å²) in [5, 5.41) is 3.24. The smallest absolute Gasteiger partial charge is 0.355 e. The Morgan fingerprint density at radius 3 is 2.55 bits per heavy atom. The maximum Gasteiger partial charge on any atom is 0.417 e. The van der Waals surface area contributed by atoms with Crippen LogP contribution in [0.5, 0.6) is 0 Å². The minimum atomic E-state index is -4.38. The molecule has 5 nitrogen and oxygen atoms in total. The van der Waals surface area contributed by atoms with Gasteiger partial charge in [0.15, 0.2) is 0 Å². The zero-order chi connectivity index (χ0) is 21.0. The highest BCUT2D eigenvalue weighted by Crippen LogP contribution is 2.29. The number of nitrogens with zero attached hydrogens (tertiary/aromatic N) is 3. The number of carbonyl (C=O) groups is 1. The van der Waals surface area contributed by atoms with Gasteiger partial charge < -0.3 is 10.2 Å². The average Bonchev–Trinajstić information content (AvgIpc) is 2.95. The van der Waals surface area contributed by atoms with Crippen molar-refractivity contribution in [2.75, 3.05) is 31.1 Å². The first-order valence-electron chi connectivity index (χ1n) is 10.6. The van der Waals surface area contributed by atoms with Gasteiger partial charge in [0.25, 0.3) is 0 Å². The molecule has 0 spiro atoms. The van der Waals surface area contributed by atoms with Crippen molar-refractivity contribution >= 4 is 11.7 Å². The standard InChI is InChI=1S/C21H31F3N4O/c1-15-6-3-4-7-18(15)26-20(29)16(2)27-10-5-11-28(13-12-27)19-9-8-17(14-25-19)21(22,23)24/h8-9,14-16,18H,3-7,10-13H2,1-2H3,(H,26,29). The molecule has 8 heteroatoms. The molecule has 1 aliphatic carbocycles. The number of rotatable bonds is 4. The maximum absolute atomic E-state index is 12.8. The van der Waals surface area contributed by atoms with Crippen molar-refractivity contribution in [3.63, 3.8) is 0 Å². The number of alkyl halides is 3. The number of pyridine rings is 1. The van der Waals surface area contributed by atoms with Gasteiger partial charge in [0.05, 0.1) is 11.6 Å². The average molecular weight is 413 g/mol. The van der Waals surface area contributed by atoms with E-state index < -0.39 is 11.7 Å². The molecule has 0 bridgehead atoms. The van der Waals surface area contributed by atoms with E-state index in [1.807, 2.05) is 11.8 Å². The number of halogens is 3. The molecule has 2 heterocycles. The van der Waals surface area contributed by atoms with E-state index in [1.54, 1.807) is 0 Å². The van der Waals surface area contributed by atoms with Gasteiger partial charge in [0, 0.05) is 38.4 Å². The molecule has 1 aromatic heterocycles. The molecule has 0 radical (unpaired) electrons. The van der Waals surface area contributed by atoms with Crippen molar-refractivity contribution < 1.29 is 18.0 Å². The molecular formula is C21H31F3N4O. The number of amides is 1. The van der Waals surface area contributed by atoms with Crippen molar-refractivity contribution in [1.29, 1.82) is 0 Å². The minimum Gasteiger partial charge on any atom is -0.355 e. The van der Waals surface area contributed by atoms with Crippen LogP contribution >= 0.6 is 0 Å². The lowest BCUT2D eigenvalue weighted by atomic mass is 9.86. The fourth-order valence-corrected chi connectivity index (χ4v) is 4.29. The molecule has 3 unspecified atom stereocenters. The van der Waals surface area contributed by atoms with Crippen molar-refractivity contribution in [3.8, 4) is 0 Å². The van der Waals surface area contributed by atoms with Crippen LogP contribution in [0.4, 0.5) is 19.0 Å². The summed E-state index contributed by atoms with van der Waals surface area (Å²) in [4.78, 5) is 20.9. The lowest BCUT2D eigenvalue weighted by Crippen LogP contribution is -2.51. The van der Waals surface area contributed by atoms with E-state index in [-0.39, 0.29) is 18.0 Å². The van der Waals surface area contributed by atoms with Crippen LogP contribution in [0.3, 0.4) is 0 Å². The Morgan fingerprint density at radius 1 is 1.14 bits per heavy atom. The molecule has 1 aromatic rings. The van der Waals surface area contributed by atoms with Crippen molar-refractivity contribution in [1.82, 2.24) is 15.2 Å². The Kier molecular flexibility index (Phi) is 7.03. The zero-order valence-corrected chi connectivity index (χ0v) is 17.2. The summed E-state index contributed by atoms with van der Waals surface area (Å²) in [5.41, 5.74) is -0.736. The highest BCUT2D eigenvalue weighted by atomic mass is 19.4. The molecule has 3 atom stereocenters. The highest BCUT2D eigenvalue weighted by Gasteiger charge is 2.31. The number of carbonyl (C=O) groups excluding carboxylic acids is 1. The Labute approximate surface area is 170 Å². The van der Waals surface area contributed by atoms with Crippen LogP contribution in [-0.4, -0.2) is 54.1 Å². The molecule has 1 amide bonds. The summed E-state index contributed by atoms with van der Waals surface area (Å²) >= 11 is 0. The SMILES string of the molecule is CC1CCCCC1NC(=O)C(C)N1CCCN(c2ccc(C(F)(F)F)cn2)CC1. The van der Waals surface area contributed by atoms with Crippen molar-refractivity contribution in [2.45, 2.75) is 64.2 Å². The summed E-state index contributed by atoms with van der Waals surface area (Å²) in [6, 6.07) is 2.55. The molecule has 29 heavy (non-hydrogen) atoms. The second-order valence-electron chi connectivity index (χ2n) is 8.33. The van der Waals surface area contributed by atoms with Crippen molar-refractivity contribution in [3.05, 3.63) is 23.9 Å². The first-order chi connectivity index (χ1) is 13.8. The van der Waals surface area contributed by atoms with Crippen LogP contribution in [0, 0.1) is 5.92 Å². The number of nitrogens with one attached hydrogen (secondary N) is 1. The van der Waals surface area contributed by atoms with E-state index >= 15 is 0 Å². The quantitative estimate of drug-likeness (QED) is 0.819. The van der Waals surface area contributed by atoms with E-state index in [4.69, 9.17) is 0 Å². The van der Waals surface area contributed by atoms with Crippen LogP contribution < -0.4 is 10.2 Å². The van der Waals surface area contributed by atoms with Gasteiger partial charge in [0.2, 0.25) is 5.91 Å². The molecule has 1 aliphatic heterocycles. The number of hydrogen-bond donors (Lipinski definition) is 1. The zero-order valence-electron chi connectivity index (χ0n) is 17.2. The topological polar surface area (TPSA) is 48.5 Å². The van der Waals surface area contributed by atoms with Crippen LogP contribution in [0.25, 0.3) is 0 Å². The van der Waals surface area contributed by atoms with Crippen LogP contribution in [-0.2, 0) is 11.0 Å². The van der Waals surface area contributed by atoms with Crippen LogP contribution in [0.2, 0.25) is 0 Å². The third-order valence-electron chi connectivity index (χ3n) is 6.30. The lowest BCUT2D eigenvalue weighted by molar-refractivity contribution is -0.137. The minimum absolute atomic E-state index is 0.0739. The fraction of sp³-hybridized carbons (Fsp3) is 0.714. The summed E-state index contributed by atoms with van der Waals surface area (Å²) in [7, 11) is 0. The van der Waals surface area contributed by atoms with Gasteiger partial charge >= 0.3 is 6.18 Å². The predicted molar refractivity (Wildman–Crippen MR) is 107 cm³/mol. The van der Waals surface area contributed by atoms with Gasteiger partial charge in [-0.1, -0.05) is 19.8 Å². The van der Waals surface area contributed by atoms with E-state index in [2.05, 4.69) is 22.1 Å². The Morgan fingerprint density at radius 2 is 1.90 bits per heavy atom.